The van der Waals surface area contributed by atoms with Gasteiger partial charge in [-0.25, -0.2) is 4.99 Å². The second kappa shape index (κ2) is 13.6. The molecule has 0 aromatic carbocycles. The molecule has 0 unspecified atom stereocenters. The Hall–Kier alpha value is -0.610. The van der Waals surface area contributed by atoms with Gasteiger partial charge in [-0.05, 0) is 39.5 Å². The van der Waals surface area contributed by atoms with Gasteiger partial charge in [0.25, 0.3) is 0 Å². The summed E-state index contributed by atoms with van der Waals surface area (Å²) in [5.74, 6) is 0.834. The monoisotopic (exact) mass is 509 g/mol. The maximum atomic E-state index is 11.9. The third kappa shape index (κ3) is 9.73. The minimum absolute atomic E-state index is 0. The van der Waals surface area contributed by atoms with Gasteiger partial charge in [-0.1, -0.05) is 12.8 Å². The normalized spacial score (nSPS) is 19.5. The van der Waals surface area contributed by atoms with Crippen molar-refractivity contribution in [1.82, 2.24) is 20.4 Å². The number of carbonyl (C=O) groups excluding carboxylic acids is 1. The van der Waals surface area contributed by atoms with Crippen LogP contribution in [0.2, 0.25) is 0 Å². The predicted octanol–water partition coefficient (Wildman–Crippen LogP) is 2.06. The van der Waals surface area contributed by atoms with Gasteiger partial charge in [-0.2, -0.15) is 0 Å². The van der Waals surface area contributed by atoms with E-state index in [1.165, 1.54) is 25.7 Å². The fourth-order valence-corrected chi connectivity index (χ4v) is 3.60. The molecular weight excluding hydrogens is 469 g/mol. The lowest BCUT2D eigenvalue weighted by Crippen LogP contribution is -2.51. The maximum Gasteiger partial charge on any atom is 0.243 e. The number of amides is 1. The Morgan fingerprint density at radius 1 is 1.11 bits per heavy atom. The summed E-state index contributed by atoms with van der Waals surface area (Å²) >= 11 is 0. The Morgan fingerprint density at radius 2 is 1.68 bits per heavy atom. The number of ether oxygens (including phenoxy) is 1. The molecule has 2 aliphatic rings. The van der Waals surface area contributed by atoms with Crippen molar-refractivity contribution in [3.63, 3.8) is 0 Å². The fourth-order valence-electron chi connectivity index (χ4n) is 3.60. The Labute approximate surface area is 188 Å². The number of piperidine rings is 1. The van der Waals surface area contributed by atoms with Gasteiger partial charge in [0, 0.05) is 45.8 Å². The fraction of sp³-hybridized carbons (Fsp3) is 0.900. The molecule has 8 heteroatoms. The van der Waals surface area contributed by atoms with E-state index >= 15 is 0 Å². The van der Waals surface area contributed by atoms with Crippen LogP contribution >= 0.6 is 24.0 Å². The average Bonchev–Trinajstić information content (AvgIpc) is 3.13. The number of rotatable bonds is 8. The van der Waals surface area contributed by atoms with E-state index in [4.69, 9.17) is 4.74 Å². The molecule has 1 aliphatic carbocycles. The minimum atomic E-state index is 0. The molecule has 1 saturated carbocycles. The number of aliphatic imine (C=N–C) groups is 1. The molecule has 1 saturated heterocycles. The number of nitrogens with zero attached hydrogens (tertiary/aromatic N) is 3. The van der Waals surface area contributed by atoms with Crippen LogP contribution in [0.4, 0.5) is 0 Å². The number of hydrogen-bond acceptors (Lipinski definition) is 4. The number of nitrogens with one attached hydrogen (secondary N) is 2. The Balaban J connectivity index is 0.00000392. The van der Waals surface area contributed by atoms with E-state index in [1.807, 2.05) is 0 Å². The lowest BCUT2D eigenvalue weighted by molar-refractivity contribution is -0.127. The van der Waals surface area contributed by atoms with Crippen LogP contribution in [0.3, 0.4) is 0 Å². The Morgan fingerprint density at radius 3 is 2.21 bits per heavy atom. The van der Waals surface area contributed by atoms with Crippen LogP contribution in [-0.4, -0.2) is 86.7 Å². The number of halogens is 1. The zero-order chi connectivity index (χ0) is 19.6. The summed E-state index contributed by atoms with van der Waals surface area (Å²) in [6.45, 7) is 8.31. The van der Waals surface area contributed by atoms with E-state index in [1.54, 1.807) is 19.0 Å². The topological polar surface area (TPSA) is 69.2 Å². The summed E-state index contributed by atoms with van der Waals surface area (Å²) in [4.78, 5) is 20.5. The molecule has 1 aliphatic heterocycles. The first-order chi connectivity index (χ1) is 12.9. The van der Waals surface area contributed by atoms with Gasteiger partial charge in [0.15, 0.2) is 5.96 Å². The number of carbonyl (C=O) groups is 1. The van der Waals surface area contributed by atoms with Gasteiger partial charge in [-0.15, -0.1) is 24.0 Å². The van der Waals surface area contributed by atoms with E-state index in [-0.39, 0.29) is 36.4 Å². The van der Waals surface area contributed by atoms with E-state index in [2.05, 4.69) is 34.4 Å². The second-order valence-corrected chi connectivity index (χ2v) is 8.26. The first-order valence-corrected chi connectivity index (χ1v) is 10.6. The Bertz CT molecular complexity index is 473. The lowest BCUT2D eigenvalue weighted by atomic mass is 10.1. The summed E-state index contributed by atoms with van der Waals surface area (Å²) in [5, 5.41) is 7.13. The third-order valence-electron chi connectivity index (χ3n) is 5.35. The number of likely N-dealkylation sites (tertiary alicyclic amines) is 1. The van der Waals surface area contributed by atoms with Gasteiger partial charge < -0.3 is 25.2 Å². The summed E-state index contributed by atoms with van der Waals surface area (Å²) in [6.07, 6.45) is 7.42. The molecule has 1 heterocycles. The highest BCUT2D eigenvalue weighted by Gasteiger charge is 2.22. The molecule has 0 bridgehead atoms. The van der Waals surface area contributed by atoms with Crippen LogP contribution in [0.1, 0.15) is 52.4 Å². The zero-order valence-electron chi connectivity index (χ0n) is 18.1. The molecule has 0 aromatic heterocycles. The van der Waals surface area contributed by atoms with Crippen molar-refractivity contribution >= 4 is 35.8 Å². The van der Waals surface area contributed by atoms with Crippen LogP contribution in [-0.2, 0) is 9.53 Å². The van der Waals surface area contributed by atoms with Crippen LogP contribution in [0.25, 0.3) is 0 Å². The van der Waals surface area contributed by atoms with Crippen molar-refractivity contribution in [3.05, 3.63) is 0 Å². The largest absolute Gasteiger partial charge is 0.377 e. The molecule has 0 radical (unpaired) electrons. The molecule has 7 nitrogen and oxygen atoms in total. The van der Waals surface area contributed by atoms with Crippen molar-refractivity contribution in [2.24, 2.45) is 4.99 Å². The first-order valence-electron chi connectivity index (χ1n) is 10.6. The minimum Gasteiger partial charge on any atom is -0.377 e. The van der Waals surface area contributed by atoms with E-state index in [0.717, 1.165) is 45.0 Å². The van der Waals surface area contributed by atoms with Crippen molar-refractivity contribution in [3.8, 4) is 0 Å². The molecule has 164 valence electrons. The van der Waals surface area contributed by atoms with E-state index in [0.29, 0.717) is 18.2 Å². The van der Waals surface area contributed by atoms with E-state index in [9.17, 15) is 4.79 Å². The van der Waals surface area contributed by atoms with Gasteiger partial charge in [0.2, 0.25) is 5.91 Å². The van der Waals surface area contributed by atoms with Crippen LogP contribution in [0, 0.1) is 0 Å². The lowest BCUT2D eigenvalue weighted by Gasteiger charge is -2.33. The maximum absolute atomic E-state index is 11.9. The molecule has 1 amide bonds. The predicted molar refractivity (Wildman–Crippen MR) is 125 cm³/mol. The number of hydrogen-bond donors (Lipinski definition) is 2. The number of likely N-dealkylation sites (N-methyl/N-ethyl adjacent to an activating group) is 1. The molecule has 0 spiro atoms. The van der Waals surface area contributed by atoms with Crippen LogP contribution in [0.15, 0.2) is 4.99 Å². The Kier molecular flexibility index (Phi) is 12.3. The van der Waals surface area contributed by atoms with Crippen molar-refractivity contribution in [2.45, 2.75) is 70.6 Å². The highest BCUT2D eigenvalue weighted by molar-refractivity contribution is 14.0. The van der Waals surface area contributed by atoms with Crippen molar-refractivity contribution in [1.29, 1.82) is 0 Å². The van der Waals surface area contributed by atoms with Crippen LogP contribution < -0.4 is 10.6 Å². The second-order valence-electron chi connectivity index (χ2n) is 8.26. The quantitative estimate of drug-likeness (QED) is 0.298. The SMILES string of the molecule is CC(C)OCCN1CCC(NC(=NCC(=O)N(C)C)NC2CCCC2)CC1.I. The van der Waals surface area contributed by atoms with Crippen LogP contribution in [0.5, 0.6) is 0 Å². The van der Waals surface area contributed by atoms with Gasteiger partial charge >= 0.3 is 0 Å². The first kappa shape index (κ1) is 25.4. The third-order valence-corrected chi connectivity index (χ3v) is 5.35. The van der Waals surface area contributed by atoms with Crippen molar-refractivity contribution in [2.75, 3.05) is 46.9 Å². The van der Waals surface area contributed by atoms with Gasteiger partial charge in [0.1, 0.15) is 6.54 Å². The average molecular weight is 509 g/mol. The zero-order valence-corrected chi connectivity index (χ0v) is 20.4. The molecule has 2 fully saturated rings. The van der Waals surface area contributed by atoms with Gasteiger partial charge in [0.05, 0.1) is 12.7 Å². The van der Waals surface area contributed by atoms with E-state index < -0.39 is 0 Å². The molecule has 2 N–H and O–H groups in total. The highest BCUT2D eigenvalue weighted by atomic mass is 127. The number of guanidine groups is 1. The smallest absolute Gasteiger partial charge is 0.243 e. The standard InChI is InChI=1S/C20H39N5O2.HI/c1-16(2)27-14-13-25-11-9-18(10-12-25)23-20(21-15-19(26)24(3)4)22-17-7-5-6-8-17;/h16-18H,5-15H2,1-4H3,(H2,21,22,23);1H. The van der Waals surface area contributed by atoms with Gasteiger partial charge in [-0.3, -0.25) is 4.79 Å². The molecule has 28 heavy (non-hydrogen) atoms. The summed E-state index contributed by atoms with van der Waals surface area (Å²) in [5.41, 5.74) is 0. The summed E-state index contributed by atoms with van der Waals surface area (Å²) in [6, 6.07) is 0.897. The molecule has 2 rings (SSSR count). The summed E-state index contributed by atoms with van der Waals surface area (Å²) in [7, 11) is 3.54. The highest BCUT2D eigenvalue weighted by Crippen LogP contribution is 2.17. The molecule has 0 atom stereocenters. The van der Waals surface area contributed by atoms with Crippen molar-refractivity contribution < 1.29 is 9.53 Å². The summed E-state index contributed by atoms with van der Waals surface area (Å²) < 4.78 is 5.66. The molecule has 0 aromatic rings. The molecular formula is C20H40IN5O2.